The van der Waals surface area contributed by atoms with Gasteiger partial charge in [-0.3, -0.25) is 13.9 Å². The number of carbonyl (C=O) groups excluding carboxylic acids is 2. The average Bonchev–Trinajstić information content (AvgIpc) is 2.94. The van der Waals surface area contributed by atoms with Crippen LogP contribution < -0.4 is 9.62 Å². The Balaban J connectivity index is 2.04. The number of hydrogen-bond donors (Lipinski definition) is 1. The van der Waals surface area contributed by atoms with E-state index in [4.69, 9.17) is 0 Å². The molecule has 0 heterocycles. The summed E-state index contributed by atoms with van der Waals surface area (Å²) in [6, 6.07) is 18.0. The number of nitrogens with one attached hydrogen (secondary N) is 1. The summed E-state index contributed by atoms with van der Waals surface area (Å²) in [5.41, 5.74) is 2.84. The zero-order chi connectivity index (χ0) is 29.3. The van der Waals surface area contributed by atoms with Gasteiger partial charge in [0.05, 0.1) is 10.6 Å². The maximum atomic E-state index is 14.0. The van der Waals surface area contributed by atoms with Crippen molar-refractivity contribution in [2.75, 3.05) is 17.4 Å². The second-order valence-corrected chi connectivity index (χ2v) is 11.7. The number of rotatable bonds is 13. The molecule has 3 aromatic rings. The lowest BCUT2D eigenvalue weighted by molar-refractivity contribution is -0.140. The number of aryl methyl sites for hydroxylation is 2. The number of anilines is 1. The van der Waals surface area contributed by atoms with Crippen molar-refractivity contribution in [3.63, 3.8) is 0 Å². The summed E-state index contributed by atoms with van der Waals surface area (Å²) in [7, 11) is -4.13. The van der Waals surface area contributed by atoms with Crippen LogP contribution in [0.2, 0.25) is 0 Å². The summed E-state index contributed by atoms with van der Waals surface area (Å²) in [6.07, 6.45) is 2.02. The second kappa shape index (κ2) is 14.1. The van der Waals surface area contributed by atoms with E-state index >= 15 is 0 Å². The average molecular weight is 568 g/mol. The molecule has 9 heteroatoms. The SMILES string of the molecule is CCCCNC(=O)[C@H](CC)N(Cc1ccc(F)cc1)C(=O)CN(c1ccc(C)c(C)c1)S(=O)(=O)c1ccccc1. The van der Waals surface area contributed by atoms with E-state index in [0.717, 1.165) is 28.3 Å². The third-order valence-electron chi connectivity index (χ3n) is 6.87. The van der Waals surface area contributed by atoms with Gasteiger partial charge in [0.25, 0.3) is 10.0 Å². The smallest absolute Gasteiger partial charge is 0.264 e. The highest BCUT2D eigenvalue weighted by atomic mass is 32.2. The molecule has 40 heavy (non-hydrogen) atoms. The first-order valence-corrected chi connectivity index (χ1v) is 15.0. The van der Waals surface area contributed by atoms with Crippen LogP contribution in [0.15, 0.2) is 77.7 Å². The summed E-state index contributed by atoms with van der Waals surface area (Å²) in [5.74, 6) is -1.27. The molecule has 0 aliphatic rings. The Kier molecular flexibility index (Phi) is 10.8. The third kappa shape index (κ3) is 7.69. The maximum Gasteiger partial charge on any atom is 0.264 e. The van der Waals surface area contributed by atoms with E-state index in [-0.39, 0.29) is 17.3 Å². The van der Waals surface area contributed by atoms with Crippen molar-refractivity contribution in [3.8, 4) is 0 Å². The Morgan fingerprint density at radius 2 is 1.60 bits per heavy atom. The molecule has 0 fully saturated rings. The van der Waals surface area contributed by atoms with Gasteiger partial charge < -0.3 is 10.2 Å². The van der Waals surface area contributed by atoms with Gasteiger partial charge in [-0.05, 0) is 79.8 Å². The van der Waals surface area contributed by atoms with E-state index in [1.807, 2.05) is 26.8 Å². The van der Waals surface area contributed by atoms with Gasteiger partial charge in [-0.15, -0.1) is 0 Å². The van der Waals surface area contributed by atoms with E-state index in [9.17, 15) is 22.4 Å². The van der Waals surface area contributed by atoms with E-state index in [1.165, 1.54) is 29.2 Å². The van der Waals surface area contributed by atoms with Crippen LogP contribution in [0.1, 0.15) is 49.8 Å². The molecule has 1 atom stereocenters. The molecule has 3 aromatic carbocycles. The number of unbranched alkanes of at least 4 members (excludes halogenated alkanes) is 1. The van der Waals surface area contributed by atoms with Gasteiger partial charge in [0, 0.05) is 13.1 Å². The standard InChI is InChI=1S/C31H38FN3O4S/c1-5-7-19-33-31(37)29(6-2)34(21-25-14-16-26(32)17-15-25)30(36)22-35(27-18-13-23(3)24(4)20-27)40(38,39)28-11-9-8-10-12-28/h8-18,20,29H,5-7,19,21-22H2,1-4H3,(H,33,37)/t29-/m0/s1. The van der Waals surface area contributed by atoms with Crippen molar-refractivity contribution in [2.24, 2.45) is 0 Å². The molecule has 0 spiro atoms. The first-order valence-electron chi connectivity index (χ1n) is 13.5. The molecule has 0 saturated carbocycles. The van der Waals surface area contributed by atoms with E-state index < -0.39 is 34.3 Å². The summed E-state index contributed by atoms with van der Waals surface area (Å²) < 4.78 is 42.4. The van der Waals surface area contributed by atoms with Gasteiger partial charge in [-0.25, -0.2) is 12.8 Å². The molecule has 0 radical (unpaired) electrons. The molecule has 0 unspecified atom stereocenters. The largest absolute Gasteiger partial charge is 0.354 e. The normalized spacial score (nSPS) is 12.0. The van der Waals surface area contributed by atoms with Gasteiger partial charge in [0.1, 0.15) is 18.4 Å². The molecule has 0 aliphatic carbocycles. The van der Waals surface area contributed by atoms with Crippen molar-refractivity contribution in [1.82, 2.24) is 10.2 Å². The van der Waals surface area contributed by atoms with Crippen LogP contribution in [-0.2, 0) is 26.2 Å². The number of benzene rings is 3. The minimum Gasteiger partial charge on any atom is -0.354 e. The molecule has 0 saturated heterocycles. The number of amides is 2. The fourth-order valence-electron chi connectivity index (χ4n) is 4.34. The van der Waals surface area contributed by atoms with Crippen LogP contribution in [-0.4, -0.2) is 44.3 Å². The van der Waals surface area contributed by atoms with Gasteiger partial charge in [0.15, 0.2) is 0 Å². The van der Waals surface area contributed by atoms with E-state index in [1.54, 1.807) is 49.4 Å². The van der Waals surface area contributed by atoms with Crippen molar-refractivity contribution in [2.45, 2.75) is 64.4 Å². The first kappa shape index (κ1) is 30.8. The fraction of sp³-hybridized carbons (Fsp3) is 0.355. The second-order valence-electron chi connectivity index (χ2n) is 9.81. The molecule has 3 rings (SSSR count). The number of sulfonamides is 1. The molecule has 0 aliphatic heterocycles. The predicted molar refractivity (Wildman–Crippen MR) is 156 cm³/mol. The highest BCUT2D eigenvalue weighted by Gasteiger charge is 2.33. The molecular weight excluding hydrogens is 529 g/mol. The lowest BCUT2D eigenvalue weighted by atomic mass is 10.1. The summed E-state index contributed by atoms with van der Waals surface area (Å²) in [4.78, 5) is 28.7. The zero-order valence-electron chi connectivity index (χ0n) is 23.6. The lowest BCUT2D eigenvalue weighted by Crippen LogP contribution is -2.52. The number of carbonyl (C=O) groups is 2. The Hall–Kier alpha value is -3.72. The monoisotopic (exact) mass is 567 g/mol. The minimum absolute atomic E-state index is 0.0188. The van der Waals surface area contributed by atoms with Crippen LogP contribution in [0.3, 0.4) is 0 Å². The molecular formula is C31H38FN3O4S. The number of nitrogens with zero attached hydrogens (tertiary/aromatic N) is 2. The lowest BCUT2D eigenvalue weighted by Gasteiger charge is -2.33. The summed E-state index contributed by atoms with van der Waals surface area (Å²) in [5, 5.41) is 2.89. The van der Waals surface area contributed by atoms with Crippen LogP contribution in [0.4, 0.5) is 10.1 Å². The van der Waals surface area contributed by atoms with Crippen molar-refractivity contribution in [1.29, 1.82) is 0 Å². The van der Waals surface area contributed by atoms with Gasteiger partial charge in [0.2, 0.25) is 11.8 Å². The van der Waals surface area contributed by atoms with E-state index in [2.05, 4.69) is 5.32 Å². The van der Waals surface area contributed by atoms with Crippen molar-refractivity contribution >= 4 is 27.5 Å². The minimum atomic E-state index is -4.13. The molecule has 2 amide bonds. The number of hydrogen-bond acceptors (Lipinski definition) is 4. The maximum absolute atomic E-state index is 14.0. The van der Waals surface area contributed by atoms with E-state index in [0.29, 0.717) is 24.2 Å². The molecule has 1 N–H and O–H groups in total. The van der Waals surface area contributed by atoms with Gasteiger partial charge >= 0.3 is 0 Å². The highest BCUT2D eigenvalue weighted by Crippen LogP contribution is 2.26. The predicted octanol–water partition coefficient (Wildman–Crippen LogP) is 5.36. The molecule has 214 valence electrons. The molecule has 7 nitrogen and oxygen atoms in total. The fourth-order valence-corrected chi connectivity index (χ4v) is 5.77. The van der Waals surface area contributed by atoms with Crippen LogP contribution in [0.5, 0.6) is 0 Å². The Labute approximate surface area is 237 Å². The Morgan fingerprint density at radius 1 is 0.925 bits per heavy atom. The van der Waals surface area contributed by atoms with Gasteiger partial charge in [-0.2, -0.15) is 0 Å². The first-order chi connectivity index (χ1) is 19.1. The Bertz CT molecular complexity index is 1400. The molecule has 0 aromatic heterocycles. The zero-order valence-corrected chi connectivity index (χ0v) is 24.4. The van der Waals surface area contributed by atoms with Crippen LogP contribution in [0, 0.1) is 19.7 Å². The summed E-state index contributed by atoms with van der Waals surface area (Å²) >= 11 is 0. The topological polar surface area (TPSA) is 86.8 Å². The number of halogens is 1. The third-order valence-corrected chi connectivity index (χ3v) is 8.66. The van der Waals surface area contributed by atoms with Crippen molar-refractivity contribution in [3.05, 3.63) is 95.3 Å². The highest BCUT2D eigenvalue weighted by molar-refractivity contribution is 7.92. The van der Waals surface area contributed by atoms with Crippen LogP contribution in [0.25, 0.3) is 0 Å². The van der Waals surface area contributed by atoms with Crippen molar-refractivity contribution < 1.29 is 22.4 Å². The molecule has 0 bridgehead atoms. The quantitative estimate of drug-likeness (QED) is 0.282. The van der Waals surface area contributed by atoms with Crippen LogP contribution >= 0.6 is 0 Å². The van der Waals surface area contributed by atoms with Gasteiger partial charge in [-0.1, -0.05) is 56.7 Å². The summed E-state index contributed by atoms with van der Waals surface area (Å²) in [6.45, 7) is 7.60. The Morgan fingerprint density at radius 3 is 2.20 bits per heavy atom.